The number of ether oxygens (including phenoxy) is 1. The maximum Gasteiger partial charge on any atom is 0.359 e. The Morgan fingerprint density at radius 3 is 2.53 bits per heavy atom. The van der Waals surface area contributed by atoms with Crippen molar-refractivity contribution in [2.24, 2.45) is 0 Å². The molecule has 0 aliphatic carbocycles. The van der Waals surface area contributed by atoms with Crippen LogP contribution in [0.25, 0.3) is 21.8 Å². The molecule has 4 rings (SSSR count). The number of aromatic nitrogens is 2. The first-order chi connectivity index (χ1) is 15.3. The number of rotatable bonds is 5. The highest BCUT2D eigenvalue weighted by Gasteiger charge is 2.24. The average Bonchev–Trinajstić information content (AvgIpc) is 3.10. The van der Waals surface area contributed by atoms with E-state index in [1.54, 1.807) is 0 Å². The summed E-state index contributed by atoms with van der Waals surface area (Å²) in [5, 5.41) is 4.89. The van der Waals surface area contributed by atoms with Crippen LogP contribution in [0.15, 0.2) is 48.7 Å². The number of aryl methyl sites for hydroxylation is 1. The zero-order valence-corrected chi connectivity index (χ0v) is 19.4. The van der Waals surface area contributed by atoms with E-state index >= 15 is 0 Å². The van der Waals surface area contributed by atoms with Crippen LogP contribution in [0.1, 0.15) is 24.3 Å². The van der Waals surface area contributed by atoms with E-state index in [2.05, 4.69) is 27.9 Å². The van der Waals surface area contributed by atoms with Gasteiger partial charge in [-0.25, -0.2) is 9.78 Å². The fraction of sp³-hybridized carbons (Fsp3) is 0.174. The molecule has 0 aliphatic heterocycles. The van der Waals surface area contributed by atoms with Crippen molar-refractivity contribution in [2.75, 3.05) is 5.32 Å². The van der Waals surface area contributed by atoms with Crippen molar-refractivity contribution in [2.45, 2.75) is 26.5 Å². The van der Waals surface area contributed by atoms with E-state index in [-0.39, 0.29) is 20.8 Å². The predicted octanol–water partition coefficient (Wildman–Crippen LogP) is 6.35. The van der Waals surface area contributed by atoms with Gasteiger partial charge in [0.15, 0.2) is 11.8 Å². The Kier molecular flexibility index (Phi) is 6.29. The molecule has 0 unspecified atom stereocenters. The van der Waals surface area contributed by atoms with E-state index in [1.807, 2.05) is 36.4 Å². The number of carbonyl (C=O) groups is 2. The van der Waals surface area contributed by atoms with E-state index in [9.17, 15) is 9.59 Å². The normalized spacial score (nSPS) is 12.2. The summed E-state index contributed by atoms with van der Waals surface area (Å²) in [6, 6.07) is 13.8. The zero-order valence-electron chi connectivity index (χ0n) is 17.2. The summed E-state index contributed by atoms with van der Waals surface area (Å²) in [6.45, 7) is 4.38. The molecule has 2 aromatic carbocycles. The Morgan fingerprint density at radius 2 is 1.78 bits per heavy atom. The van der Waals surface area contributed by atoms with Gasteiger partial charge in [0.05, 0.1) is 15.1 Å². The molecule has 1 N–H and O–H groups in total. The highest BCUT2D eigenvalue weighted by atomic mass is 35.5. The standard InChI is InChI=1S/C23H18Cl3N3O3/c1-3-29-17-7-5-4-6-14(17)15-10-13(8-9-18(15)29)28-22(30)12(2)32-23(31)21-20(26)19(25)16(24)11-27-21/h4-12H,3H2,1-2H3,(H,28,30)/t12-/m1/s1. The van der Waals surface area contributed by atoms with Crippen molar-refractivity contribution in [1.82, 2.24) is 9.55 Å². The van der Waals surface area contributed by atoms with Gasteiger partial charge in [0.1, 0.15) is 0 Å². The molecule has 164 valence electrons. The molecular formula is C23H18Cl3N3O3. The number of esters is 1. The Morgan fingerprint density at radius 1 is 1.06 bits per heavy atom. The van der Waals surface area contributed by atoms with Crippen molar-refractivity contribution in [3.05, 3.63) is 69.4 Å². The maximum atomic E-state index is 12.7. The van der Waals surface area contributed by atoms with Crippen molar-refractivity contribution < 1.29 is 14.3 Å². The van der Waals surface area contributed by atoms with Crippen LogP contribution in [0.2, 0.25) is 15.1 Å². The number of carbonyl (C=O) groups excluding carboxylic acids is 2. The number of nitrogens with one attached hydrogen (secondary N) is 1. The number of halogens is 3. The molecule has 1 atom stereocenters. The number of amides is 1. The SMILES string of the molecule is CCn1c2ccccc2c2cc(NC(=O)[C@@H](C)OC(=O)c3ncc(Cl)c(Cl)c3Cl)ccc21. The van der Waals surface area contributed by atoms with Crippen LogP contribution < -0.4 is 5.32 Å². The van der Waals surface area contributed by atoms with Crippen molar-refractivity contribution in [3.8, 4) is 0 Å². The second-order valence-corrected chi connectivity index (χ2v) is 8.28. The molecule has 0 spiro atoms. The third-order valence-electron chi connectivity index (χ3n) is 5.12. The number of hydrogen-bond donors (Lipinski definition) is 1. The molecule has 0 saturated carbocycles. The molecule has 0 fully saturated rings. The lowest BCUT2D eigenvalue weighted by Crippen LogP contribution is -2.30. The minimum Gasteiger partial charge on any atom is -0.448 e. The number of para-hydroxylation sites is 1. The summed E-state index contributed by atoms with van der Waals surface area (Å²) in [7, 11) is 0. The van der Waals surface area contributed by atoms with Crippen LogP contribution in [-0.4, -0.2) is 27.5 Å². The van der Waals surface area contributed by atoms with Crippen LogP contribution in [-0.2, 0) is 16.1 Å². The fourth-order valence-electron chi connectivity index (χ4n) is 3.57. The number of benzene rings is 2. The largest absolute Gasteiger partial charge is 0.448 e. The molecule has 2 aromatic heterocycles. The molecule has 4 aromatic rings. The summed E-state index contributed by atoms with van der Waals surface area (Å²) >= 11 is 17.8. The highest BCUT2D eigenvalue weighted by molar-refractivity contribution is 6.48. The molecule has 9 heteroatoms. The summed E-state index contributed by atoms with van der Waals surface area (Å²) in [5.74, 6) is -1.37. The van der Waals surface area contributed by atoms with E-state index in [4.69, 9.17) is 39.5 Å². The highest BCUT2D eigenvalue weighted by Crippen LogP contribution is 2.32. The van der Waals surface area contributed by atoms with Crippen molar-refractivity contribution in [1.29, 1.82) is 0 Å². The van der Waals surface area contributed by atoms with Gasteiger partial charge in [0, 0.05) is 40.2 Å². The Bertz CT molecular complexity index is 1370. The van der Waals surface area contributed by atoms with Crippen molar-refractivity contribution in [3.63, 3.8) is 0 Å². The van der Waals surface area contributed by atoms with Gasteiger partial charge in [-0.3, -0.25) is 4.79 Å². The van der Waals surface area contributed by atoms with E-state index in [0.717, 1.165) is 28.4 Å². The van der Waals surface area contributed by atoms with Crippen LogP contribution in [0.5, 0.6) is 0 Å². The van der Waals surface area contributed by atoms with Crippen LogP contribution in [0.3, 0.4) is 0 Å². The van der Waals surface area contributed by atoms with Crippen LogP contribution in [0.4, 0.5) is 5.69 Å². The minimum absolute atomic E-state index is 0.00747. The van der Waals surface area contributed by atoms with Gasteiger partial charge in [0.2, 0.25) is 0 Å². The number of pyridine rings is 1. The van der Waals surface area contributed by atoms with E-state index in [0.29, 0.717) is 5.69 Å². The second-order valence-electron chi connectivity index (χ2n) is 7.11. The number of nitrogens with zero attached hydrogens (tertiary/aromatic N) is 2. The molecule has 0 aliphatic rings. The maximum absolute atomic E-state index is 12.7. The monoisotopic (exact) mass is 489 g/mol. The molecule has 0 saturated heterocycles. The lowest BCUT2D eigenvalue weighted by atomic mass is 10.1. The van der Waals surface area contributed by atoms with Crippen LogP contribution in [0, 0.1) is 0 Å². The van der Waals surface area contributed by atoms with E-state index in [1.165, 1.54) is 13.1 Å². The van der Waals surface area contributed by atoms with Gasteiger partial charge in [-0.05, 0) is 38.1 Å². The van der Waals surface area contributed by atoms with Crippen molar-refractivity contribution >= 4 is 74.2 Å². The van der Waals surface area contributed by atoms with Gasteiger partial charge in [0.25, 0.3) is 5.91 Å². The summed E-state index contributed by atoms with van der Waals surface area (Å²) < 4.78 is 7.44. The Hall–Kier alpha value is -2.80. The second kappa shape index (κ2) is 8.98. The molecule has 0 bridgehead atoms. The Balaban J connectivity index is 1.54. The van der Waals surface area contributed by atoms with Gasteiger partial charge >= 0.3 is 5.97 Å². The summed E-state index contributed by atoms with van der Waals surface area (Å²) in [6.07, 6.45) is 0.0986. The lowest BCUT2D eigenvalue weighted by molar-refractivity contribution is -0.123. The average molecular weight is 491 g/mol. The Labute approximate surface area is 199 Å². The fourth-order valence-corrected chi connectivity index (χ4v) is 4.13. The topological polar surface area (TPSA) is 73.2 Å². The first-order valence-electron chi connectivity index (χ1n) is 9.84. The molecule has 32 heavy (non-hydrogen) atoms. The summed E-state index contributed by atoms with van der Waals surface area (Å²) in [5.41, 5.74) is 2.58. The smallest absolute Gasteiger partial charge is 0.359 e. The number of hydrogen-bond acceptors (Lipinski definition) is 4. The van der Waals surface area contributed by atoms with Gasteiger partial charge < -0.3 is 14.6 Å². The van der Waals surface area contributed by atoms with Gasteiger partial charge in [-0.1, -0.05) is 53.0 Å². The molecule has 6 nitrogen and oxygen atoms in total. The van der Waals surface area contributed by atoms with E-state index < -0.39 is 18.0 Å². The number of anilines is 1. The molecule has 2 heterocycles. The van der Waals surface area contributed by atoms with Gasteiger partial charge in [-0.15, -0.1) is 0 Å². The molecular weight excluding hydrogens is 473 g/mol. The molecule has 1 amide bonds. The summed E-state index contributed by atoms with van der Waals surface area (Å²) in [4.78, 5) is 28.9. The lowest BCUT2D eigenvalue weighted by Gasteiger charge is -2.14. The first-order valence-corrected chi connectivity index (χ1v) is 11.0. The first kappa shape index (κ1) is 22.4. The van der Waals surface area contributed by atoms with Gasteiger partial charge in [-0.2, -0.15) is 0 Å². The zero-order chi connectivity index (χ0) is 23.0. The minimum atomic E-state index is -1.09. The third kappa shape index (κ3) is 4.01. The van der Waals surface area contributed by atoms with Crippen LogP contribution >= 0.6 is 34.8 Å². The number of fused-ring (bicyclic) bond motifs is 3. The quantitative estimate of drug-likeness (QED) is 0.331. The third-order valence-corrected chi connectivity index (χ3v) is 6.36. The molecule has 0 radical (unpaired) electrons. The predicted molar refractivity (Wildman–Crippen MR) is 128 cm³/mol.